The fourth-order valence-corrected chi connectivity index (χ4v) is 12.3. The summed E-state index contributed by atoms with van der Waals surface area (Å²) >= 11 is 0. The first kappa shape index (κ1) is 28.5. The van der Waals surface area contributed by atoms with E-state index in [1.54, 1.807) is 28.4 Å². The molecule has 0 amide bonds. The molecule has 0 unspecified atom stereocenters. The Morgan fingerprint density at radius 2 is 0.590 bits per heavy atom. The molecule has 0 atom stereocenters. The molecule has 0 aliphatic carbocycles. The van der Waals surface area contributed by atoms with Crippen molar-refractivity contribution < 1.29 is 23.1 Å². The fourth-order valence-electron chi connectivity index (χ4n) is 5.02. The number of hydrogen-bond acceptors (Lipinski definition) is 5. The second-order valence-corrected chi connectivity index (χ2v) is 15.3. The van der Waals surface area contributed by atoms with Crippen molar-refractivity contribution in [2.24, 2.45) is 0 Å². The highest BCUT2D eigenvalue weighted by molar-refractivity contribution is 6.92. The lowest BCUT2D eigenvalue weighted by atomic mass is 10.2. The summed E-state index contributed by atoms with van der Waals surface area (Å²) in [6.07, 6.45) is 0. The van der Waals surface area contributed by atoms with E-state index in [4.69, 9.17) is 23.1 Å². The van der Waals surface area contributed by atoms with Gasteiger partial charge < -0.3 is 23.1 Å². The second-order valence-electron chi connectivity index (χ2n) is 10.0. The third-order valence-electron chi connectivity index (χ3n) is 6.72. The Balaban J connectivity index is 1.95. The second kappa shape index (κ2) is 12.6. The monoisotopic (exact) mass is 558 g/mol. The molecule has 0 N–H and O–H groups in total. The Labute approximate surface area is 235 Å². The van der Waals surface area contributed by atoms with Crippen LogP contribution in [0.15, 0.2) is 72.8 Å². The lowest BCUT2D eigenvalue weighted by Crippen LogP contribution is -2.56. The molecule has 0 aliphatic heterocycles. The summed E-state index contributed by atoms with van der Waals surface area (Å²) in [6, 6.07) is 25.6. The SMILES string of the molecule is COc1cc(C)cc([SiH](O[SiH](c2cc(C)cc(OC)c2)c2cc(C)cc(OC)c2)c2cc(C)cc(OC)c2)c1. The first-order valence-corrected chi connectivity index (χ1v) is 16.3. The summed E-state index contributed by atoms with van der Waals surface area (Å²) in [4.78, 5) is 0. The smallest absolute Gasteiger partial charge is 0.229 e. The number of benzene rings is 4. The average Bonchev–Trinajstić information content (AvgIpc) is 2.91. The lowest BCUT2D eigenvalue weighted by Gasteiger charge is -2.27. The van der Waals surface area contributed by atoms with Crippen LogP contribution in [-0.2, 0) is 4.12 Å². The number of aryl methyl sites for hydroxylation is 4. The van der Waals surface area contributed by atoms with Gasteiger partial charge in [0.25, 0.3) is 0 Å². The largest absolute Gasteiger partial charge is 0.497 e. The van der Waals surface area contributed by atoms with Crippen molar-refractivity contribution in [1.82, 2.24) is 0 Å². The molecule has 0 aliphatic rings. The van der Waals surface area contributed by atoms with Gasteiger partial charge in [0.05, 0.1) is 28.4 Å². The van der Waals surface area contributed by atoms with Crippen LogP contribution in [0.2, 0.25) is 0 Å². The standard InChI is InChI=1S/C32H38O5Si2/c1-21-9-25(33-5)17-29(13-21)38(30-14-22(2)10-26(18-30)34-6)37-39(31-15-23(3)11-27(19-31)35-7)32-16-24(4)12-28(20-32)36-8/h9-20,38-39H,1-8H3. The van der Waals surface area contributed by atoms with Crippen LogP contribution in [0, 0.1) is 27.7 Å². The van der Waals surface area contributed by atoms with E-state index in [2.05, 4.69) is 100 Å². The van der Waals surface area contributed by atoms with Crippen LogP contribution in [0.3, 0.4) is 0 Å². The highest BCUT2D eigenvalue weighted by atomic mass is 28.4. The van der Waals surface area contributed by atoms with E-state index >= 15 is 0 Å². The lowest BCUT2D eigenvalue weighted by molar-refractivity contribution is 0.414. The molecule has 4 aromatic carbocycles. The van der Waals surface area contributed by atoms with Gasteiger partial charge in [-0.3, -0.25) is 0 Å². The zero-order chi connectivity index (χ0) is 28.1. The van der Waals surface area contributed by atoms with Gasteiger partial charge >= 0.3 is 0 Å². The molecule has 4 aromatic rings. The molecule has 0 radical (unpaired) electrons. The highest BCUT2D eigenvalue weighted by Crippen LogP contribution is 2.18. The quantitative estimate of drug-likeness (QED) is 0.280. The van der Waals surface area contributed by atoms with E-state index in [-0.39, 0.29) is 0 Å². The molecular formula is C32H38O5Si2. The maximum absolute atomic E-state index is 7.47. The van der Waals surface area contributed by atoms with E-state index in [0.29, 0.717) is 0 Å². The van der Waals surface area contributed by atoms with Crippen LogP contribution in [0.25, 0.3) is 0 Å². The summed E-state index contributed by atoms with van der Waals surface area (Å²) < 4.78 is 30.2. The Morgan fingerprint density at radius 1 is 0.359 bits per heavy atom. The zero-order valence-electron chi connectivity index (χ0n) is 24.1. The molecule has 0 aromatic heterocycles. The molecule has 0 heterocycles. The van der Waals surface area contributed by atoms with Crippen molar-refractivity contribution in [3.8, 4) is 23.0 Å². The van der Waals surface area contributed by atoms with Crippen LogP contribution in [0.1, 0.15) is 22.3 Å². The minimum absolute atomic E-state index is 0.832. The van der Waals surface area contributed by atoms with Gasteiger partial charge in [0.2, 0.25) is 18.1 Å². The fraction of sp³-hybridized carbons (Fsp3) is 0.250. The Hall–Kier alpha value is -3.53. The first-order chi connectivity index (χ1) is 18.7. The Morgan fingerprint density at radius 3 is 0.795 bits per heavy atom. The summed E-state index contributed by atoms with van der Waals surface area (Å²) in [6.45, 7) is 8.39. The van der Waals surface area contributed by atoms with Crippen LogP contribution in [-0.4, -0.2) is 46.5 Å². The predicted octanol–water partition coefficient (Wildman–Crippen LogP) is 3.35. The van der Waals surface area contributed by atoms with E-state index in [0.717, 1.165) is 66.0 Å². The van der Waals surface area contributed by atoms with Crippen molar-refractivity contribution in [1.29, 1.82) is 0 Å². The van der Waals surface area contributed by atoms with E-state index in [9.17, 15) is 0 Å². The van der Waals surface area contributed by atoms with E-state index in [1.807, 2.05) is 0 Å². The molecule has 204 valence electrons. The van der Waals surface area contributed by atoms with Gasteiger partial charge in [-0.25, -0.2) is 0 Å². The molecule has 0 spiro atoms. The van der Waals surface area contributed by atoms with Gasteiger partial charge in [-0.05, 0) is 119 Å². The van der Waals surface area contributed by atoms with Gasteiger partial charge in [0.15, 0.2) is 0 Å². The molecule has 7 heteroatoms. The van der Waals surface area contributed by atoms with Gasteiger partial charge in [-0.15, -0.1) is 0 Å². The van der Waals surface area contributed by atoms with Gasteiger partial charge in [0.1, 0.15) is 23.0 Å². The molecule has 0 fully saturated rings. The van der Waals surface area contributed by atoms with E-state index in [1.165, 1.54) is 0 Å². The molecule has 0 saturated carbocycles. The van der Waals surface area contributed by atoms with Crippen LogP contribution < -0.4 is 39.7 Å². The number of methoxy groups -OCH3 is 4. The maximum Gasteiger partial charge on any atom is 0.229 e. The summed E-state index contributed by atoms with van der Waals surface area (Å²) in [7, 11) is 2.34. The summed E-state index contributed by atoms with van der Waals surface area (Å²) in [5.74, 6) is 3.33. The van der Waals surface area contributed by atoms with Gasteiger partial charge in [-0.1, -0.05) is 24.3 Å². The topological polar surface area (TPSA) is 46.2 Å². The summed E-state index contributed by atoms with van der Waals surface area (Å²) in [5.41, 5.74) is 4.55. The molecule has 0 bridgehead atoms. The highest BCUT2D eigenvalue weighted by Gasteiger charge is 2.29. The molecule has 0 saturated heterocycles. The van der Waals surface area contributed by atoms with Crippen LogP contribution in [0.5, 0.6) is 23.0 Å². The minimum atomic E-state index is -2.25. The first-order valence-electron chi connectivity index (χ1n) is 13.0. The van der Waals surface area contributed by atoms with Crippen molar-refractivity contribution in [3.63, 3.8) is 0 Å². The molecule has 5 nitrogen and oxygen atoms in total. The van der Waals surface area contributed by atoms with Crippen molar-refractivity contribution in [2.75, 3.05) is 28.4 Å². The van der Waals surface area contributed by atoms with Crippen molar-refractivity contribution in [2.45, 2.75) is 27.7 Å². The van der Waals surface area contributed by atoms with Gasteiger partial charge in [0, 0.05) is 0 Å². The van der Waals surface area contributed by atoms with Crippen LogP contribution >= 0.6 is 0 Å². The van der Waals surface area contributed by atoms with E-state index < -0.39 is 18.1 Å². The zero-order valence-corrected chi connectivity index (χ0v) is 26.4. The Kier molecular flexibility index (Phi) is 9.17. The number of hydrogen-bond donors (Lipinski definition) is 0. The third kappa shape index (κ3) is 6.92. The van der Waals surface area contributed by atoms with Crippen molar-refractivity contribution >= 4 is 38.8 Å². The summed E-state index contributed by atoms with van der Waals surface area (Å²) in [5, 5.41) is 4.65. The maximum atomic E-state index is 7.47. The van der Waals surface area contributed by atoms with Crippen molar-refractivity contribution in [3.05, 3.63) is 95.1 Å². The predicted molar refractivity (Wildman–Crippen MR) is 165 cm³/mol. The average molecular weight is 559 g/mol. The third-order valence-corrected chi connectivity index (χ3v) is 12.7. The van der Waals surface area contributed by atoms with Crippen LogP contribution in [0.4, 0.5) is 0 Å². The van der Waals surface area contributed by atoms with Gasteiger partial charge in [-0.2, -0.15) is 0 Å². The molecule has 39 heavy (non-hydrogen) atoms. The minimum Gasteiger partial charge on any atom is -0.497 e. The molecule has 4 rings (SSSR count). The number of ether oxygens (including phenoxy) is 4. The Bertz CT molecular complexity index is 1240. The molecular weight excluding hydrogens is 521 g/mol. The number of rotatable bonds is 10. The normalized spacial score (nSPS) is 11.1.